The van der Waals surface area contributed by atoms with E-state index in [1.807, 2.05) is 48.5 Å². The average Bonchev–Trinajstić information content (AvgIpc) is 2.72. The molecule has 28 heavy (non-hydrogen) atoms. The SMILES string of the molecule is C[C@H](O)c1cccc(-c2cccc(C(=O)NCC3(N(C)C)CCCCC3)c2)c1. The Hall–Kier alpha value is -2.17. The van der Waals surface area contributed by atoms with Crippen molar-refractivity contribution in [2.24, 2.45) is 0 Å². The van der Waals surface area contributed by atoms with Gasteiger partial charge in [-0.05, 0) is 68.8 Å². The number of nitrogens with zero attached hydrogens (tertiary/aromatic N) is 1. The lowest BCUT2D eigenvalue weighted by molar-refractivity contribution is 0.0799. The number of aliphatic hydroxyl groups excluding tert-OH is 1. The second-order valence-corrected chi connectivity index (χ2v) is 8.24. The van der Waals surface area contributed by atoms with E-state index in [2.05, 4.69) is 24.3 Å². The Kier molecular flexibility index (Phi) is 6.53. The van der Waals surface area contributed by atoms with Gasteiger partial charge in [-0.25, -0.2) is 0 Å². The molecule has 1 aliphatic carbocycles. The highest BCUT2D eigenvalue weighted by Crippen LogP contribution is 2.31. The highest BCUT2D eigenvalue weighted by atomic mass is 16.3. The third-order valence-corrected chi connectivity index (χ3v) is 6.14. The van der Waals surface area contributed by atoms with Crippen LogP contribution in [-0.4, -0.2) is 42.1 Å². The summed E-state index contributed by atoms with van der Waals surface area (Å²) in [5.41, 5.74) is 3.60. The van der Waals surface area contributed by atoms with Crippen molar-refractivity contribution < 1.29 is 9.90 Å². The fourth-order valence-electron chi connectivity index (χ4n) is 4.16. The molecular formula is C24H32N2O2. The normalized spacial score (nSPS) is 17.3. The fourth-order valence-corrected chi connectivity index (χ4v) is 4.16. The lowest BCUT2D eigenvalue weighted by atomic mass is 9.80. The van der Waals surface area contributed by atoms with Crippen molar-refractivity contribution >= 4 is 5.91 Å². The van der Waals surface area contributed by atoms with E-state index in [1.54, 1.807) is 6.92 Å². The Labute approximate surface area is 168 Å². The van der Waals surface area contributed by atoms with Crippen LogP contribution in [0.1, 0.15) is 61.1 Å². The number of carbonyl (C=O) groups excluding carboxylic acids is 1. The first kappa shape index (κ1) is 20.6. The molecule has 2 aromatic carbocycles. The Bertz CT molecular complexity index is 808. The molecule has 1 saturated carbocycles. The van der Waals surface area contributed by atoms with Gasteiger partial charge >= 0.3 is 0 Å². The maximum atomic E-state index is 12.8. The molecule has 1 amide bonds. The maximum absolute atomic E-state index is 12.8. The summed E-state index contributed by atoms with van der Waals surface area (Å²) in [6, 6.07) is 15.5. The van der Waals surface area contributed by atoms with E-state index in [-0.39, 0.29) is 11.4 Å². The molecule has 2 N–H and O–H groups in total. The van der Waals surface area contributed by atoms with E-state index in [0.717, 1.165) is 29.5 Å². The number of rotatable bonds is 6. The standard InChI is InChI=1S/C24H32N2O2/c1-18(27)19-9-7-10-20(15-19)21-11-8-12-22(16-21)23(28)25-17-24(26(2)3)13-5-4-6-14-24/h7-12,15-16,18,27H,4-6,13-14,17H2,1-3H3,(H,25,28)/t18-/m0/s1. The largest absolute Gasteiger partial charge is 0.389 e. The predicted octanol–water partition coefficient (Wildman–Crippen LogP) is 4.40. The molecule has 2 aromatic rings. The molecule has 0 bridgehead atoms. The van der Waals surface area contributed by atoms with E-state index >= 15 is 0 Å². The van der Waals surface area contributed by atoms with E-state index in [9.17, 15) is 9.90 Å². The molecule has 0 spiro atoms. The smallest absolute Gasteiger partial charge is 0.251 e. The summed E-state index contributed by atoms with van der Waals surface area (Å²) in [5.74, 6) is -0.0275. The van der Waals surface area contributed by atoms with E-state index in [1.165, 1.54) is 19.3 Å². The second-order valence-electron chi connectivity index (χ2n) is 8.24. The van der Waals surface area contributed by atoms with Crippen molar-refractivity contribution in [2.75, 3.05) is 20.6 Å². The highest BCUT2D eigenvalue weighted by molar-refractivity contribution is 5.95. The van der Waals surface area contributed by atoms with Crippen molar-refractivity contribution in [3.8, 4) is 11.1 Å². The quantitative estimate of drug-likeness (QED) is 0.781. The summed E-state index contributed by atoms with van der Waals surface area (Å²) in [5, 5.41) is 13.0. The Morgan fingerprint density at radius 2 is 1.71 bits per heavy atom. The molecular weight excluding hydrogens is 348 g/mol. The first-order valence-electron chi connectivity index (χ1n) is 10.3. The van der Waals surface area contributed by atoms with Gasteiger partial charge in [-0.1, -0.05) is 49.6 Å². The summed E-state index contributed by atoms with van der Waals surface area (Å²) in [6.45, 7) is 2.44. The molecule has 1 fully saturated rings. The number of hydrogen-bond acceptors (Lipinski definition) is 3. The van der Waals surface area contributed by atoms with Crippen LogP contribution in [0.25, 0.3) is 11.1 Å². The molecule has 0 saturated heterocycles. The van der Waals surface area contributed by atoms with Crippen molar-refractivity contribution in [3.63, 3.8) is 0 Å². The Morgan fingerprint density at radius 3 is 2.36 bits per heavy atom. The number of benzene rings is 2. The topological polar surface area (TPSA) is 52.6 Å². The fraction of sp³-hybridized carbons (Fsp3) is 0.458. The van der Waals surface area contributed by atoms with Gasteiger partial charge in [-0.3, -0.25) is 4.79 Å². The summed E-state index contributed by atoms with van der Waals surface area (Å²) < 4.78 is 0. The van der Waals surface area contributed by atoms with Crippen LogP contribution in [0.15, 0.2) is 48.5 Å². The Balaban J connectivity index is 1.74. The monoisotopic (exact) mass is 380 g/mol. The molecule has 4 nitrogen and oxygen atoms in total. The highest BCUT2D eigenvalue weighted by Gasteiger charge is 2.34. The van der Waals surface area contributed by atoms with Crippen molar-refractivity contribution in [3.05, 3.63) is 59.7 Å². The molecule has 150 valence electrons. The van der Waals surface area contributed by atoms with E-state index in [4.69, 9.17) is 0 Å². The van der Waals surface area contributed by atoms with Gasteiger partial charge in [-0.15, -0.1) is 0 Å². The van der Waals surface area contributed by atoms with Crippen molar-refractivity contribution in [1.82, 2.24) is 10.2 Å². The molecule has 0 aromatic heterocycles. The third kappa shape index (κ3) is 4.62. The number of amides is 1. The number of nitrogens with one attached hydrogen (secondary N) is 1. The summed E-state index contributed by atoms with van der Waals surface area (Å²) >= 11 is 0. The molecule has 4 heteroatoms. The van der Waals surface area contributed by atoms with Gasteiger partial charge in [0.15, 0.2) is 0 Å². The second kappa shape index (κ2) is 8.89. The predicted molar refractivity (Wildman–Crippen MR) is 114 cm³/mol. The van der Waals surface area contributed by atoms with Gasteiger partial charge < -0.3 is 15.3 Å². The molecule has 0 heterocycles. The lowest BCUT2D eigenvalue weighted by Crippen LogP contribution is -2.53. The summed E-state index contributed by atoms with van der Waals surface area (Å²) in [4.78, 5) is 15.1. The minimum absolute atomic E-state index is 0.0275. The third-order valence-electron chi connectivity index (χ3n) is 6.14. The van der Waals surface area contributed by atoms with Crippen molar-refractivity contribution in [2.45, 2.75) is 50.7 Å². The number of likely N-dealkylation sites (N-methyl/N-ethyl adjacent to an activating group) is 1. The number of carbonyl (C=O) groups is 1. The summed E-state index contributed by atoms with van der Waals surface area (Å²) in [7, 11) is 4.24. The van der Waals surface area contributed by atoms with Gasteiger partial charge in [0.25, 0.3) is 5.91 Å². The first-order chi connectivity index (χ1) is 13.4. The molecule has 0 radical (unpaired) electrons. The van der Waals surface area contributed by atoms with Crippen LogP contribution in [0, 0.1) is 0 Å². The maximum Gasteiger partial charge on any atom is 0.251 e. The summed E-state index contributed by atoms with van der Waals surface area (Å²) in [6.07, 6.45) is 5.49. The first-order valence-corrected chi connectivity index (χ1v) is 10.3. The molecule has 0 aliphatic heterocycles. The minimum atomic E-state index is -0.510. The van der Waals surface area contributed by atoms with Gasteiger partial charge in [0.05, 0.1) is 6.10 Å². The van der Waals surface area contributed by atoms with Crippen LogP contribution < -0.4 is 5.32 Å². The van der Waals surface area contributed by atoms with Crippen molar-refractivity contribution in [1.29, 1.82) is 0 Å². The van der Waals surface area contributed by atoms with Gasteiger partial charge in [0, 0.05) is 17.6 Å². The zero-order valence-corrected chi connectivity index (χ0v) is 17.2. The molecule has 3 rings (SSSR count). The van der Waals surface area contributed by atoms with Gasteiger partial charge in [-0.2, -0.15) is 0 Å². The molecule has 1 aliphatic rings. The van der Waals surface area contributed by atoms with E-state index < -0.39 is 6.10 Å². The molecule has 0 unspecified atom stereocenters. The average molecular weight is 381 g/mol. The van der Waals surface area contributed by atoms with Gasteiger partial charge in [0.2, 0.25) is 0 Å². The van der Waals surface area contributed by atoms with Crippen LogP contribution in [0.5, 0.6) is 0 Å². The number of hydrogen-bond donors (Lipinski definition) is 2. The lowest BCUT2D eigenvalue weighted by Gasteiger charge is -2.43. The van der Waals surface area contributed by atoms with Crippen LogP contribution in [0.4, 0.5) is 0 Å². The minimum Gasteiger partial charge on any atom is -0.389 e. The van der Waals surface area contributed by atoms with Crippen LogP contribution in [0.2, 0.25) is 0 Å². The van der Waals surface area contributed by atoms with Gasteiger partial charge in [0.1, 0.15) is 0 Å². The van der Waals surface area contributed by atoms with Crippen LogP contribution >= 0.6 is 0 Å². The zero-order valence-electron chi connectivity index (χ0n) is 17.2. The van der Waals surface area contributed by atoms with Crippen LogP contribution in [0.3, 0.4) is 0 Å². The zero-order chi connectivity index (χ0) is 20.1. The molecule has 1 atom stereocenters. The number of aliphatic hydroxyl groups is 1. The van der Waals surface area contributed by atoms with E-state index in [0.29, 0.717) is 12.1 Å². The Morgan fingerprint density at radius 1 is 1.07 bits per heavy atom. The van der Waals surface area contributed by atoms with Crippen LogP contribution in [-0.2, 0) is 0 Å².